The van der Waals surface area contributed by atoms with Crippen LogP contribution < -0.4 is 0 Å². The van der Waals surface area contributed by atoms with Crippen molar-refractivity contribution in [1.29, 1.82) is 0 Å². The van der Waals surface area contributed by atoms with Gasteiger partial charge in [-0.2, -0.15) is 0 Å². The summed E-state index contributed by atoms with van der Waals surface area (Å²) in [5, 5.41) is 28.0. The Balaban J connectivity index is 0.00000226. The molecule has 256 valence electrons. The maximum absolute atomic E-state index is 12.2. The highest BCUT2D eigenvalue weighted by Gasteiger charge is 2.31. The molecule has 11 nitrogen and oxygen atoms in total. The van der Waals surface area contributed by atoms with Gasteiger partial charge in [0.1, 0.15) is 11.3 Å². The molecule has 1 saturated heterocycles. The van der Waals surface area contributed by atoms with Crippen LogP contribution in [0.1, 0.15) is 67.7 Å². The van der Waals surface area contributed by atoms with E-state index in [1.165, 1.54) is 0 Å². The number of allylic oxidation sites excluding steroid dienone is 1. The van der Waals surface area contributed by atoms with E-state index in [0.29, 0.717) is 58.4 Å². The number of aryl methyl sites for hydroxylation is 3. The van der Waals surface area contributed by atoms with Gasteiger partial charge >= 0.3 is 5.97 Å². The smallest absolute Gasteiger partial charge is 0.339 e. The lowest BCUT2D eigenvalue weighted by Gasteiger charge is -2.36. The fourth-order valence-corrected chi connectivity index (χ4v) is 6.13. The Morgan fingerprint density at radius 1 is 0.800 bits per heavy atom. The molecule has 3 N–H and O–H groups in total. The normalized spacial score (nSPS) is 19.8. The Morgan fingerprint density at radius 2 is 1.27 bits per heavy atom. The van der Waals surface area contributed by atoms with Crippen molar-refractivity contribution >= 4 is 18.0 Å². The Kier molecular flexibility index (Phi) is 18.9. The van der Waals surface area contributed by atoms with Crippen LogP contribution in [0.3, 0.4) is 0 Å². The van der Waals surface area contributed by atoms with E-state index in [9.17, 15) is 15.0 Å². The van der Waals surface area contributed by atoms with Crippen molar-refractivity contribution in [2.45, 2.75) is 78.4 Å². The van der Waals surface area contributed by atoms with Gasteiger partial charge in [0.05, 0.1) is 58.5 Å². The van der Waals surface area contributed by atoms with E-state index in [0.717, 1.165) is 74.8 Å². The lowest BCUT2D eigenvalue weighted by atomic mass is 9.82. The minimum absolute atomic E-state index is 0.0143. The van der Waals surface area contributed by atoms with Gasteiger partial charge in [0, 0.05) is 32.2 Å². The summed E-state index contributed by atoms with van der Waals surface area (Å²) in [5.41, 5.74) is 3.54. The third kappa shape index (κ3) is 14.2. The number of carbonyl (C=O) groups is 2. The van der Waals surface area contributed by atoms with Crippen molar-refractivity contribution in [3.8, 4) is 0 Å². The molecule has 11 heteroatoms. The summed E-state index contributed by atoms with van der Waals surface area (Å²) in [6.07, 6.45) is 5.58. The fraction of sp³-hybridized carbons (Fsp3) is 0.706. The van der Waals surface area contributed by atoms with Crippen molar-refractivity contribution in [1.82, 2.24) is 4.90 Å². The van der Waals surface area contributed by atoms with Crippen LogP contribution in [0.25, 0.3) is 5.57 Å². The van der Waals surface area contributed by atoms with Crippen LogP contribution in [-0.4, -0.2) is 117 Å². The number of aliphatic hydroxyl groups excluding tert-OH is 1. The van der Waals surface area contributed by atoms with E-state index >= 15 is 0 Å². The molecule has 0 atom stereocenters. The Morgan fingerprint density at radius 3 is 1.76 bits per heavy atom. The van der Waals surface area contributed by atoms with Gasteiger partial charge in [-0.3, -0.25) is 4.79 Å². The van der Waals surface area contributed by atoms with Crippen molar-refractivity contribution in [3.63, 3.8) is 0 Å². The number of ether oxygens (including phenoxy) is 5. The molecule has 0 amide bonds. The standard InChI is InChI=1S/C33H53NO8.CH2O2/c1-5-38-16-17-40-20-21-41-19-18-39-15-14-34-12-10-29(11-13-34)42-28-8-6-27(7-9-28)32(35)31(33(36)37)30-25(3)22-24(2)23-26(30)4;2-1-3/h22-23,27-29,35H,5-21H2,1-4H3,(H,36,37);1H,(H,2,3)/b32-31+;. The van der Waals surface area contributed by atoms with E-state index < -0.39 is 5.97 Å². The van der Waals surface area contributed by atoms with Crippen LogP contribution in [-0.2, 0) is 33.3 Å². The zero-order chi connectivity index (χ0) is 33.0. The molecule has 0 radical (unpaired) electrons. The van der Waals surface area contributed by atoms with Crippen LogP contribution in [0.4, 0.5) is 0 Å². The van der Waals surface area contributed by atoms with Crippen molar-refractivity contribution in [2.75, 3.05) is 72.5 Å². The zero-order valence-corrected chi connectivity index (χ0v) is 27.6. The molecule has 1 aliphatic carbocycles. The first-order valence-electron chi connectivity index (χ1n) is 16.2. The number of piperidine rings is 1. The maximum atomic E-state index is 12.2. The van der Waals surface area contributed by atoms with Crippen molar-refractivity contribution in [2.24, 2.45) is 5.92 Å². The zero-order valence-electron chi connectivity index (χ0n) is 27.6. The average Bonchev–Trinajstić information content (AvgIpc) is 3.00. The molecular weight excluding hydrogens is 582 g/mol. The molecule has 0 spiro atoms. The van der Waals surface area contributed by atoms with Crippen LogP contribution in [0, 0.1) is 26.7 Å². The SMILES string of the molecule is CCOCCOCCOCCOCCN1CCC(OC2CCC(/C(O)=C(\C(=O)O)c3c(C)cc(C)cc3C)CC2)CC1.O=CO. The number of hydrogen-bond donors (Lipinski definition) is 3. The van der Waals surface area contributed by atoms with Gasteiger partial charge in [-0.25, -0.2) is 4.79 Å². The van der Waals surface area contributed by atoms with Gasteiger partial charge in [0.25, 0.3) is 6.47 Å². The Bertz CT molecular complexity index is 1010. The number of nitrogens with zero attached hydrogens (tertiary/aromatic N) is 1. The van der Waals surface area contributed by atoms with Gasteiger partial charge in [-0.1, -0.05) is 17.7 Å². The van der Waals surface area contributed by atoms with Gasteiger partial charge in [-0.15, -0.1) is 0 Å². The molecule has 45 heavy (non-hydrogen) atoms. The summed E-state index contributed by atoms with van der Waals surface area (Å²) < 4.78 is 28.4. The summed E-state index contributed by atoms with van der Waals surface area (Å²) in [6, 6.07) is 3.95. The molecular formula is C34H55NO10. The summed E-state index contributed by atoms with van der Waals surface area (Å²) in [5.74, 6) is -1.20. The average molecular weight is 638 g/mol. The van der Waals surface area contributed by atoms with Gasteiger partial charge in [0.15, 0.2) is 0 Å². The van der Waals surface area contributed by atoms with Crippen molar-refractivity contribution in [3.05, 3.63) is 40.1 Å². The van der Waals surface area contributed by atoms with Crippen LogP contribution in [0.2, 0.25) is 0 Å². The molecule has 1 aliphatic heterocycles. The molecule has 0 bridgehead atoms. The van der Waals surface area contributed by atoms with Crippen LogP contribution in [0.15, 0.2) is 17.9 Å². The topological polar surface area (TPSA) is 144 Å². The van der Waals surface area contributed by atoms with E-state index in [4.69, 9.17) is 33.6 Å². The van der Waals surface area contributed by atoms with E-state index in [-0.39, 0.29) is 35.9 Å². The Labute approximate surface area is 268 Å². The molecule has 3 rings (SSSR count). The predicted molar refractivity (Wildman–Crippen MR) is 172 cm³/mol. The Hall–Kier alpha value is -2.54. The quantitative estimate of drug-likeness (QED) is 0.0884. The highest BCUT2D eigenvalue weighted by molar-refractivity contribution is 6.17. The van der Waals surface area contributed by atoms with Crippen LogP contribution in [0.5, 0.6) is 0 Å². The summed E-state index contributed by atoms with van der Waals surface area (Å²) in [4.78, 5) is 23.0. The number of rotatable bonds is 18. The molecule has 1 saturated carbocycles. The number of likely N-dealkylation sites (tertiary alicyclic amines) is 1. The minimum Gasteiger partial charge on any atom is -0.511 e. The summed E-state index contributed by atoms with van der Waals surface area (Å²) in [6.45, 7) is 15.4. The monoisotopic (exact) mass is 637 g/mol. The van der Waals surface area contributed by atoms with Gasteiger partial charge in [-0.05, 0) is 82.9 Å². The molecule has 1 aromatic carbocycles. The second-order valence-corrected chi connectivity index (χ2v) is 11.6. The highest BCUT2D eigenvalue weighted by atomic mass is 16.6. The number of aliphatic hydroxyl groups is 1. The largest absolute Gasteiger partial charge is 0.511 e. The molecule has 2 aliphatic rings. The molecule has 0 aromatic heterocycles. The van der Waals surface area contributed by atoms with Gasteiger partial charge < -0.3 is 43.9 Å². The van der Waals surface area contributed by atoms with E-state index in [2.05, 4.69) is 4.90 Å². The van der Waals surface area contributed by atoms with E-state index in [1.54, 1.807) is 0 Å². The van der Waals surface area contributed by atoms with E-state index in [1.807, 2.05) is 39.8 Å². The first-order valence-corrected chi connectivity index (χ1v) is 16.2. The number of benzene rings is 1. The molecule has 1 heterocycles. The minimum atomic E-state index is -1.07. The maximum Gasteiger partial charge on any atom is 0.339 e. The lowest BCUT2D eigenvalue weighted by Crippen LogP contribution is -2.40. The summed E-state index contributed by atoms with van der Waals surface area (Å²) in [7, 11) is 0. The molecule has 0 unspecified atom stereocenters. The predicted octanol–water partition coefficient (Wildman–Crippen LogP) is 4.79. The third-order valence-electron chi connectivity index (χ3n) is 8.25. The number of aliphatic carboxylic acids is 1. The van der Waals surface area contributed by atoms with Gasteiger partial charge in [0.2, 0.25) is 0 Å². The summed E-state index contributed by atoms with van der Waals surface area (Å²) >= 11 is 0. The molecule has 1 aromatic rings. The molecule has 2 fully saturated rings. The second-order valence-electron chi connectivity index (χ2n) is 11.6. The van der Waals surface area contributed by atoms with Crippen LogP contribution >= 0.6 is 0 Å². The second kappa shape index (κ2) is 22.1. The third-order valence-corrected chi connectivity index (χ3v) is 8.25. The number of carboxylic acid groups (broad SMARTS) is 2. The number of hydrogen-bond acceptors (Lipinski definition) is 9. The number of carboxylic acids is 1. The first-order chi connectivity index (χ1) is 21.7. The van der Waals surface area contributed by atoms with Crippen molar-refractivity contribution < 1.29 is 48.6 Å². The lowest BCUT2D eigenvalue weighted by molar-refractivity contribution is -0.130. The highest BCUT2D eigenvalue weighted by Crippen LogP contribution is 2.36. The fourth-order valence-electron chi connectivity index (χ4n) is 6.13. The first kappa shape index (κ1) is 38.6.